The highest BCUT2D eigenvalue weighted by molar-refractivity contribution is 7.99. The van der Waals surface area contributed by atoms with Gasteiger partial charge in [-0.3, -0.25) is 0 Å². The minimum atomic E-state index is -0.558. The summed E-state index contributed by atoms with van der Waals surface area (Å²) in [7, 11) is 0. The van der Waals surface area contributed by atoms with E-state index in [-0.39, 0.29) is 6.04 Å². The van der Waals surface area contributed by atoms with Crippen molar-refractivity contribution < 1.29 is 9.52 Å². The Kier molecular flexibility index (Phi) is 4.29. The predicted octanol–water partition coefficient (Wildman–Crippen LogP) is 3.51. The van der Waals surface area contributed by atoms with Gasteiger partial charge in [0, 0.05) is 23.2 Å². The second kappa shape index (κ2) is 6.03. The first kappa shape index (κ1) is 14.9. The first-order valence-electron chi connectivity index (χ1n) is 7.67. The fraction of sp³-hybridized carbons (Fsp3) is 0.529. The van der Waals surface area contributed by atoms with Gasteiger partial charge >= 0.3 is 0 Å². The number of para-hydroxylation sites is 1. The van der Waals surface area contributed by atoms with Gasteiger partial charge in [-0.2, -0.15) is 11.8 Å². The van der Waals surface area contributed by atoms with E-state index in [0.29, 0.717) is 6.54 Å². The summed E-state index contributed by atoms with van der Waals surface area (Å²) in [5.74, 6) is 2.89. The summed E-state index contributed by atoms with van der Waals surface area (Å²) in [6, 6.07) is 8.31. The molecule has 114 valence electrons. The van der Waals surface area contributed by atoms with Gasteiger partial charge in [-0.1, -0.05) is 25.1 Å². The maximum absolute atomic E-state index is 10.4. The van der Waals surface area contributed by atoms with E-state index in [2.05, 4.69) is 31.3 Å². The number of aliphatic hydroxyl groups is 1. The molecule has 0 aliphatic carbocycles. The lowest BCUT2D eigenvalue weighted by Crippen LogP contribution is -2.41. The van der Waals surface area contributed by atoms with E-state index < -0.39 is 5.60 Å². The topological polar surface area (TPSA) is 45.4 Å². The molecule has 3 rings (SSSR count). The predicted molar refractivity (Wildman–Crippen MR) is 88.9 cm³/mol. The van der Waals surface area contributed by atoms with Crippen molar-refractivity contribution in [1.29, 1.82) is 0 Å². The third-order valence-corrected chi connectivity index (χ3v) is 5.53. The average molecular weight is 305 g/mol. The monoisotopic (exact) mass is 305 g/mol. The molecular formula is C17H23NO2S. The van der Waals surface area contributed by atoms with Crippen LogP contribution < -0.4 is 5.32 Å². The van der Waals surface area contributed by atoms with Crippen LogP contribution in [0.4, 0.5) is 0 Å². The summed E-state index contributed by atoms with van der Waals surface area (Å²) in [4.78, 5) is 0. The molecule has 1 aromatic heterocycles. The van der Waals surface area contributed by atoms with Gasteiger partial charge in [0.15, 0.2) is 0 Å². The van der Waals surface area contributed by atoms with Crippen molar-refractivity contribution in [1.82, 2.24) is 5.32 Å². The summed E-state index contributed by atoms with van der Waals surface area (Å²) >= 11 is 1.83. The number of hydrogen-bond donors (Lipinski definition) is 2. The number of furan rings is 1. The Balaban J connectivity index is 1.79. The summed E-state index contributed by atoms with van der Waals surface area (Å²) < 4.78 is 6.05. The van der Waals surface area contributed by atoms with E-state index in [9.17, 15) is 5.11 Å². The minimum absolute atomic E-state index is 0.113. The smallest absolute Gasteiger partial charge is 0.134 e. The van der Waals surface area contributed by atoms with Crippen molar-refractivity contribution in [3.05, 3.63) is 35.6 Å². The summed E-state index contributed by atoms with van der Waals surface area (Å²) in [5, 5.41) is 15.1. The quantitative estimate of drug-likeness (QED) is 0.887. The molecule has 1 aliphatic rings. The SMILES string of the molecule is CCc1c(C(C)NCC2(O)CCSC2)oc2ccccc12. The highest BCUT2D eigenvalue weighted by Gasteiger charge is 2.32. The molecule has 1 saturated heterocycles. The average Bonchev–Trinajstić information content (AvgIpc) is 3.08. The molecule has 2 N–H and O–H groups in total. The van der Waals surface area contributed by atoms with Crippen LogP contribution in [0.15, 0.2) is 28.7 Å². The molecule has 1 fully saturated rings. The largest absolute Gasteiger partial charge is 0.459 e. The Morgan fingerprint density at radius 3 is 2.95 bits per heavy atom. The lowest BCUT2D eigenvalue weighted by molar-refractivity contribution is 0.0644. The van der Waals surface area contributed by atoms with Crippen molar-refractivity contribution in [2.45, 2.75) is 38.3 Å². The van der Waals surface area contributed by atoms with Crippen molar-refractivity contribution >= 4 is 22.7 Å². The second-order valence-corrected chi connectivity index (χ2v) is 7.03. The van der Waals surface area contributed by atoms with Gasteiger partial charge in [0.05, 0.1) is 11.6 Å². The zero-order valence-electron chi connectivity index (χ0n) is 12.7. The van der Waals surface area contributed by atoms with Crippen LogP contribution in [-0.2, 0) is 6.42 Å². The number of aryl methyl sites for hydroxylation is 1. The molecule has 2 aromatic rings. The van der Waals surface area contributed by atoms with Crippen LogP contribution in [0.25, 0.3) is 11.0 Å². The normalized spacial score (nSPS) is 23.8. The van der Waals surface area contributed by atoms with Gasteiger partial charge in [-0.15, -0.1) is 0 Å². The molecule has 0 amide bonds. The van der Waals surface area contributed by atoms with Crippen LogP contribution in [0.2, 0.25) is 0 Å². The third-order valence-electron chi connectivity index (χ3n) is 4.30. The van der Waals surface area contributed by atoms with Gasteiger partial charge in [0.2, 0.25) is 0 Å². The Labute approximate surface area is 130 Å². The standard InChI is InChI=1S/C17H23NO2S/c1-3-13-14-6-4-5-7-15(14)20-16(13)12(2)18-10-17(19)8-9-21-11-17/h4-7,12,18-19H,3,8-11H2,1-2H3. The molecule has 4 heteroatoms. The lowest BCUT2D eigenvalue weighted by atomic mass is 10.0. The van der Waals surface area contributed by atoms with E-state index in [1.54, 1.807) is 0 Å². The van der Waals surface area contributed by atoms with Crippen molar-refractivity contribution in [2.75, 3.05) is 18.1 Å². The maximum atomic E-state index is 10.4. The van der Waals surface area contributed by atoms with Crippen molar-refractivity contribution in [3.63, 3.8) is 0 Å². The molecule has 1 aromatic carbocycles. The van der Waals surface area contributed by atoms with E-state index in [4.69, 9.17) is 4.42 Å². The molecule has 0 bridgehead atoms. The molecule has 2 unspecified atom stereocenters. The summed E-state index contributed by atoms with van der Waals surface area (Å²) in [6.45, 7) is 4.90. The van der Waals surface area contributed by atoms with E-state index in [1.165, 1.54) is 10.9 Å². The molecule has 21 heavy (non-hydrogen) atoms. The van der Waals surface area contributed by atoms with Crippen LogP contribution >= 0.6 is 11.8 Å². The van der Waals surface area contributed by atoms with Gasteiger partial charge in [0.1, 0.15) is 11.3 Å². The number of benzene rings is 1. The maximum Gasteiger partial charge on any atom is 0.134 e. The van der Waals surface area contributed by atoms with Crippen LogP contribution in [-0.4, -0.2) is 28.8 Å². The molecule has 2 atom stereocenters. The van der Waals surface area contributed by atoms with Crippen LogP contribution in [0, 0.1) is 0 Å². The third kappa shape index (κ3) is 2.98. The molecule has 0 spiro atoms. The van der Waals surface area contributed by atoms with Crippen LogP contribution in [0.1, 0.15) is 37.6 Å². The summed E-state index contributed by atoms with van der Waals surface area (Å²) in [6.07, 6.45) is 1.83. The minimum Gasteiger partial charge on any atom is -0.459 e. The molecular weight excluding hydrogens is 282 g/mol. The van der Waals surface area contributed by atoms with E-state index in [1.807, 2.05) is 23.9 Å². The Bertz CT molecular complexity index is 616. The van der Waals surface area contributed by atoms with Gasteiger partial charge < -0.3 is 14.8 Å². The molecule has 3 nitrogen and oxygen atoms in total. The molecule has 1 aliphatic heterocycles. The Morgan fingerprint density at radius 1 is 1.43 bits per heavy atom. The summed E-state index contributed by atoms with van der Waals surface area (Å²) in [5.41, 5.74) is 1.67. The second-order valence-electron chi connectivity index (χ2n) is 5.92. The van der Waals surface area contributed by atoms with Crippen molar-refractivity contribution in [3.8, 4) is 0 Å². The fourth-order valence-electron chi connectivity index (χ4n) is 3.00. The van der Waals surface area contributed by atoms with Crippen molar-refractivity contribution in [2.24, 2.45) is 0 Å². The first-order valence-corrected chi connectivity index (χ1v) is 8.82. The highest BCUT2D eigenvalue weighted by Crippen LogP contribution is 2.32. The van der Waals surface area contributed by atoms with Gasteiger partial charge in [-0.05, 0) is 31.6 Å². The number of rotatable bonds is 5. The zero-order valence-corrected chi connectivity index (χ0v) is 13.5. The first-order chi connectivity index (χ1) is 10.1. The van der Waals surface area contributed by atoms with E-state index in [0.717, 1.165) is 35.7 Å². The number of hydrogen-bond acceptors (Lipinski definition) is 4. The number of nitrogens with one attached hydrogen (secondary N) is 1. The van der Waals surface area contributed by atoms with Crippen LogP contribution in [0.3, 0.4) is 0 Å². The Hall–Kier alpha value is -0.970. The van der Waals surface area contributed by atoms with Crippen LogP contribution in [0.5, 0.6) is 0 Å². The molecule has 0 saturated carbocycles. The number of fused-ring (bicyclic) bond motifs is 1. The zero-order chi connectivity index (χ0) is 14.9. The van der Waals surface area contributed by atoms with Gasteiger partial charge in [-0.25, -0.2) is 0 Å². The van der Waals surface area contributed by atoms with E-state index >= 15 is 0 Å². The fourth-order valence-corrected chi connectivity index (χ4v) is 4.30. The molecule has 0 radical (unpaired) electrons. The van der Waals surface area contributed by atoms with Gasteiger partial charge in [0.25, 0.3) is 0 Å². The number of thioether (sulfide) groups is 1. The lowest BCUT2D eigenvalue weighted by Gasteiger charge is -2.24. The Morgan fingerprint density at radius 2 is 2.24 bits per heavy atom. The highest BCUT2D eigenvalue weighted by atomic mass is 32.2. The molecule has 2 heterocycles.